The summed E-state index contributed by atoms with van der Waals surface area (Å²) < 4.78 is 14.7. The minimum atomic E-state index is -1.53. The zero-order valence-corrected chi connectivity index (χ0v) is 17.7. The average molecular weight is 471 g/mol. The fourth-order valence-corrected chi connectivity index (χ4v) is 3.36. The molecule has 1 fully saturated rings. The molecule has 1 aromatic heterocycles. The van der Waals surface area contributed by atoms with Crippen LogP contribution in [0.3, 0.4) is 0 Å². The number of esters is 2. The molecule has 1 aliphatic rings. The van der Waals surface area contributed by atoms with Crippen molar-refractivity contribution in [3.8, 4) is 5.88 Å². The molecule has 14 heteroatoms. The number of nitrogens with zero attached hydrogens (tertiary/aromatic N) is 4. The highest BCUT2D eigenvalue weighted by Crippen LogP contribution is 2.28. The summed E-state index contributed by atoms with van der Waals surface area (Å²) in [5, 5.41) is 16.8. The first-order valence-corrected chi connectivity index (χ1v) is 9.78. The van der Waals surface area contributed by atoms with Crippen molar-refractivity contribution in [1.82, 2.24) is 10.5 Å². The Bertz CT molecular complexity index is 1190. The molecule has 34 heavy (non-hydrogen) atoms. The van der Waals surface area contributed by atoms with Crippen LogP contribution in [0, 0.1) is 22.0 Å². The Hall–Kier alpha value is -4.71. The monoisotopic (exact) mass is 471 g/mol. The van der Waals surface area contributed by atoms with Crippen LogP contribution >= 0.6 is 0 Å². The summed E-state index contributed by atoms with van der Waals surface area (Å²) in [5.41, 5.74) is 7.66. The van der Waals surface area contributed by atoms with E-state index in [2.05, 4.69) is 24.5 Å². The number of ketones is 1. The van der Waals surface area contributed by atoms with E-state index in [-0.39, 0.29) is 17.1 Å². The maximum atomic E-state index is 12.8. The summed E-state index contributed by atoms with van der Waals surface area (Å²) in [6, 6.07) is 4.81. The van der Waals surface area contributed by atoms with Gasteiger partial charge in [0.05, 0.1) is 22.4 Å². The Labute approximate surface area is 190 Å². The van der Waals surface area contributed by atoms with Gasteiger partial charge in [-0.2, -0.15) is 4.79 Å². The van der Waals surface area contributed by atoms with Crippen molar-refractivity contribution in [3.05, 3.63) is 57.8 Å². The van der Waals surface area contributed by atoms with Gasteiger partial charge < -0.3 is 24.8 Å². The van der Waals surface area contributed by atoms with Crippen molar-refractivity contribution in [3.63, 3.8) is 0 Å². The van der Waals surface area contributed by atoms with Gasteiger partial charge in [0, 0.05) is 24.1 Å². The van der Waals surface area contributed by atoms with Crippen molar-refractivity contribution < 1.29 is 42.9 Å². The van der Waals surface area contributed by atoms with Crippen LogP contribution in [0.1, 0.15) is 24.2 Å². The minimum absolute atomic E-state index is 0.135. The Kier molecular flexibility index (Phi) is 6.92. The standard InChI is InChI=1S/C20H17N5O9/c1-9(15-14(18(27)22-15)10(2)33-13-7-8-32-24-13)17(26)16(23-21)20(29)34-19(28)11-3-5-12(6-4-11)25(30)31/h3-10,14-15H,1-2H3,(H,22,27)/t9?,10?,14?,15-/m1/s1. The predicted octanol–water partition coefficient (Wildman–Crippen LogP) is 0.724. The van der Waals surface area contributed by atoms with Gasteiger partial charge in [0.1, 0.15) is 12.4 Å². The Balaban J connectivity index is 1.66. The number of amides is 1. The lowest BCUT2D eigenvalue weighted by Gasteiger charge is -2.42. The largest absolute Gasteiger partial charge is 0.472 e. The predicted molar refractivity (Wildman–Crippen MR) is 108 cm³/mol. The number of carbonyl (C=O) groups excluding carboxylic acids is 4. The van der Waals surface area contributed by atoms with Crippen molar-refractivity contribution in [1.29, 1.82) is 0 Å². The van der Waals surface area contributed by atoms with E-state index >= 15 is 0 Å². The number of aromatic nitrogens is 1. The van der Waals surface area contributed by atoms with E-state index in [1.54, 1.807) is 6.92 Å². The van der Waals surface area contributed by atoms with Crippen LogP contribution in [-0.4, -0.2) is 56.4 Å². The van der Waals surface area contributed by atoms with Gasteiger partial charge in [-0.3, -0.25) is 19.7 Å². The molecule has 0 saturated carbocycles. The lowest BCUT2D eigenvalue weighted by atomic mass is 9.76. The second-order valence-corrected chi connectivity index (χ2v) is 7.30. The lowest BCUT2D eigenvalue weighted by Crippen LogP contribution is -2.66. The molecule has 14 nitrogen and oxygen atoms in total. The smallest absolute Gasteiger partial charge is 0.442 e. The number of ether oxygens (including phenoxy) is 2. The third-order valence-corrected chi connectivity index (χ3v) is 5.20. The fraction of sp³-hybridized carbons (Fsp3) is 0.300. The number of rotatable bonds is 9. The molecule has 3 unspecified atom stereocenters. The van der Waals surface area contributed by atoms with Gasteiger partial charge in [-0.15, -0.1) is 0 Å². The van der Waals surface area contributed by atoms with E-state index in [4.69, 9.17) is 4.74 Å². The number of Topliss-reactive ketones (excluding diaryl/α,β-unsaturated/α-hetero) is 1. The zero-order valence-electron chi connectivity index (χ0n) is 17.7. The number of nitro groups is 1. The molecule has 1 aromatic carbocycles. The van der Waals surface area contributed by atoms with Crippen LogP contribution in [0.15, 0.2) is 41.1 Å². The first kappa shape index (κ1) is 23.9. The molecule has 0 spiro atoms. The average Bonchev–Trinajstić information content (AvgIpc) is 3.30. The van der Waals surface area contributed by atoms with Crippen LogP contribution in [0.5, 0.6) is 5.88 Å². The van der Waals surface area contributed by atoms with Crippen molar-refractivity contribution >= 4 is 35.0 Å². The van der Waals surface area contributed by atoms with E-state index in [9.17, 15) is 34.8 Å². The van der Waals surface area contributed by atoms with Crippen LogP contribution in [0.2, 0.25) is 0 Å². The van der Waals surface area contributed by atoms with Crippen LogP contribution < -0.4 is 10.1 Å². The van der Waals surface area contributed by atoms with E-state index in [1.165, 1.54) is 19.3 Å². The lowest BCUT2D eigenvalue weighted by molar-refractivity contribution is -0.384. The quantitative estimate of drug-likeness (QED) is 0.0792. The molecule has 1 N–H and O–H groups in total. The van der Waals surface area contributed by atoms with E-state index in [0.717, 1.165) is 24.3 Å². The molecule has 4 atom stereocenters. The van der Waals surface area contributed by atoms with Crippen LogP contribution in [-0.2, 0) is 19.1 Å². The number of hydrogen-bond donors (Lipinski definition) is 1. The van der Waals surface area contributed by atoms with E-state index in [1.807, 2.05) is 0 Å². The van der Waals surface area contributed by atoms with Crippen molar-refractivity contribution in [2.45, 2.75) is 26.0 Å². The molecular formula is C20H17N5O9. The zero-order chi connectivity index (χ0) is 25.0. The summed E-state index contributed by atoms with van der Waals surface area (Å²) in [6.07, 6.45) is 0.560. The highest BCUT2D eigenvalue weighted by molar-refractivity contribution is 6.63. The number of benzene rings is 1. The summed E-state index contributed by atoms with van der Waals surface area (Å²) in [4.78, 5) is 62.0. The second-order valence-electron chi connectivity index (χ2n) is 7.30. The Morgan fingerprint density at radius 1 is 1.24 bits per heavy atom. The first-order chi connectivity index (χ1) is 16.1. The molecular weight excluding hydrogens is 454 g/mol. The molecule has 2 aromatic rings. The van der Waals surface area contributed by atoms with Crippen molar-refractivity contribution in [2.24, 2.45) is 11.8 Å². The molecule has 1 saturated heterocycles. The van der Waals surface area contributed by atoms with Crippen LogP contribution in [0.25, 0.3) is 5.53 Å². The van der Waals surface area contributed by atoms with Gasteiger partial charge in [-0.1, -0.05) is 6.92 Å². The van der Waals surface area contributed by atoms with E-state index in [0.29, 0.717) is 0 Å². The molecule has 3 rings (SSSR count). The molecule has 176 valence electrons. The maximum absolute atomic E-state index is 12.8. The van der Waals surface area contributed by atoms with Gasteiger partial charge in [0.2, 0.25) is 5.91 Å². The molecule has 0 aliphatic carbocycles. The van der Waals surface area contributed by atoms with Gasteiger partial charge in [0.25, 0.3) is 17.4 Å². The third-order valence-electron chi connectivity index (χ3n) is 5.20. The highest BCUT2D eigenvalue weighted by atomic mass is 16.6. The summed E-state index contributed by atoms with van der Waals surface area (Å²) >= 11 is 0. The normalized spacial score (nSPS) is 18.4. The van der Waals surface area contributed by atoms with Gasteiger partial charge >= 0.3 is 17.7 Å². The highest BCUT2D eigenvalue weighted by Gasteiger charge is 2.51. The number of carbonyl (C=O) groups is 4. The third kappa shape index (κ3) is 4.86. The van der Waals surface area contributed by atoms with Gasteiger partial charge in [0.15, 0.2) is 0 Å². The first-order valence-electron chi connectivity index (χ1n) is 9.78. The molecule has 1 aliphatic heterocycles. The minimum Gasteiger partial charge on any atom is -0.472 e. The maximum Gasteiger partial charge on any atom is 0.442 e. The number of β-lactam (4-membered cyclic amide) rings is 1. The number of nitrogens with one attached hydrogen (secondary N) is 1. The number of non-ortho nitro benzene ring substituents is 1. The number of hydrogen-bond acceptors (Lipinski definition) is 10. The van der Waals surface area contributed by atoms with Gasteiger partial charge in [-0.25, -0.2) is 9.59 Å². The molecule has 1 amide bonds. The molecule has 2 heterocycles. The number of nitro benzene ring substituents is 1. The topological polar surface area (TPSA) is 204 Å². The Morgan fingerprint density at radius 3 is 2.44 bits per heavy atom. The van der Waals surface area contributed by atoms with E-state index < -0.39 is 58.2 Å². The SMILES string of the molecule is CC(Oc1ccon1)C1C(=O)N[C@@H]1C(C)C(=O)C(=[N+]=[N-])C(=O)OC(=O)c1ccc([N+](=O)[O-])cc1. The summed E-state index contributed by atoms with van der Waals surface area (Å²) in [5.74, 6) is -5.86. The Morgan fingerprint density at radius 2 is 1.91 bits per heavy atom. The summed E-state index contributed by atoms with van der Waals surface area (Å²) in [7, 11) is 0. The fourth-order valence-electron chi connectivity index (χ4n) is 3.36. The molecule has 0 bridgehead atoms. The van der Waals surface area contributed by atoms with Crippen molar-refractivity contribution in [2.75, 3.05) is 0 Å². The second kappa shape index (κ2) is 9.83. The molecule has 0 radical (unpaired) electrons. The summed E-state index contributed by atoms with van der Waals surface area (Å²) in [6.45, 7) is 2.97. The van der Waals surface area contributed by atoms with Crippen LogP contribution in [0.4, 0.5) is 5.69 Å². The van der Waals surface area contributed by atoms with Gasteiger partial charge in [-0.05, 0) is 24.2 Å².